The Morgan fingerprint density at radius 3 is 2.23 bits per heavy atom. The van der Waals surface area contributed by atoms with E-state index in [1.165, 1.54) is 19.3 Å². The normalized spacial score (nSPS) is 21.8. The molecule has 0 aromatic heterocycles. The van der Waals surface area contributed by atoms with Crippen LogP contribution >= 0.6 is 0 Å². The number of rotatable bonds is 3. The van der Waals surface area contributed by atoms with E-state index in [2.05, 4.69) is 0 Å². The van der Waals surface area contributed by atoms with Gasteiger partial charge in [-0.15, -0.1) is 0 Å². The van der Waals surface area contributed by atoms with Crippen LogP contribution in [-0.4, -0.2) is 30.9 Å². The van der Waals surface area contributed by atoms with Gasteiger partial charge >= 0.3 is 0 Å². The monoisotopic (exact) mass is 184 g/mol. The highest BCUT2D eigenvalue weighted by Gasteiger charge is 2.29. The number of nitrogens with zero attached hydrogens (tertiary/aromatic N) is 1. The average molecular weight is 184 g/mol. The molecule has 0 spiro atoms. The quantitative estimate of drug-likeness (QED) is 0.710. The van der Waals surface area contributed by atoms with Crippen molar-refractivity contribution in [3.8, 4) is 0 Å². The van der Waals surface area contributed by atoms with E-state index in [0.717, 1.165) is 12.8 Å². The molecule has 3 heteroatoms. The lowest BCUT2D eigenvalue weighted by Gasteiger charge is -2.32. The number of amides is 1. The molecule has 0 heterocycles. The molecule has 0 aliphatic heterocycles. The van der Waals surface area contributed by atoms with Gasteiger partial charge in [-0.1, -0.05) is 19.3 Å². The molecule has 1 unspecified atom stereocenters. The fourth-order valence-electron chi connectivity index (χ4n) is 2.36. The molecule has 1 rings (SSSR count). The molecule has 1 aliphatic carbocycles. The Morgan fingerprint density at radius 2 is 1.85 bits per heavy atom. The van der Waals surface area contributed by atoms with Gasteiger partial charge in [-0.2, -0.15) is 0 Å². The summed E-state index contributed by atoms with van der Waals surface area (Å²) in [6, 6.07) is -0.0553. The molecule has 2 N–H and O–H groups in total. The third kappa shape index (κ3) is 2.69. The summed E-state index contributed by atoms with van der Waals surface area (Å²) in [7, 11) is 3.87. The molecule has 0 bridgehead atoms. The fraction of sp³-hybridized carbons (Fsp3) is 0.900. The van der Waals surface area contributed by atoms with Crippen molar-refractivity contribution >= 4 is 5.91 Å². The highest BCUT2D eigenvalue weighted by molar-refractivity contribution is 5.80. The van der Waals surface area contributed by atoms with E-state index in [-0.39, 0.29) is 11.9 Å². The molecule has 1 fully saturated rings. The molecule has 13 heavy (non-hydrogen) atoms. The van der Waals surface area contributed by atoms with Gasteiger partial charge in [-0.05, 0) is 32.9 Å². The highest BCUT2D eigenvalue weighted by atomic mass is 16.1. The molecule has 1 saturated carbocycles. The van der Waals surface area contributed by atoms with E-state index in [0.29, 0.717) is 5.92 Å². The van der Waals surface area contributed by atoms with Gasteiger partial charge in [0, 0.05) is 0 Å². The van der Waals surface area contributed by atoms with Crippen LogP contribution in [0, 0.1) is 5.92 Å². The van der Waals surface area contributed by atoms with Gasteiger partial charge in [-0.25, -0.2) is 0 Å². The van der Waals surface area contributed by atoms with E-state index in [1.807, 2.05) is 19.0 Å². The van der Waals surface area contributed by atoms with Crippen molar-refractivity contribution in [3.05, 3.63) is 0 Å². The topological polar surface area (TPSA) is 46.3 Å². The van der Waals surface area contributed by atoms with Crippen molar-refractivity contribution in [1.82, 2.24) is 4.90 Å². The molecule has 76 valence electrons. The number of carbonyl (C=O) groups is 1. The number of likely N-dealkylation sites (N-methyl/N-ethyl adjacent to an activating group) is 1. The van der Waals surface area contributed by atoms with Gasteiger partial charge in [-0.3, -0.25) is 9.69 Å². The van der Waals surface area contributed by atoms with E-state index in [9.17, 15) is 4.79 Å². The summed E-state index contributed by atoms with van der Waals surface area (Å²) < 4.78 is 0. The minimum Gasteiger partial charge on any atom is -0.368 e. The first kappa shape index (κ1) is 10.5. The van der Waals surface area contributed by atoms with Crippen molar-refractivity contribution < 1.29 is 4.79 Å². The molecular weight excluding hydrogens is 164 g/mol. The molecule has 0 saturated heterocycles. The van der Waals surface area contributed by atoms with Gasteiger partial charge < -0.3 is 5.73 Å². The Labute approximate surface area is 80.3 Å². The third-order valence-corrected chi connectivity index (χ3v) is 2.94. The van der Waals surface area contributed by atoms with Crippen LogP contribution in [0.4, 0.5) is 0 Å². The lowest BCUT2D eigenvalue weighted by atomic mass is 9.83. The van der Waals surface area contributed by atoms with Gasteiger partial charge in [0.25, 0.3) is 0 Å². The van der Waals surface area contributed by atoms with Crippen molar-refractivity contribution in [2.75, 3.05) is 14.1 Å². The standard InChI is InChI=1S/C10H20N2O/c1-12(2)9(10(11)13)8-6-4-3-5-7-8/h8-9H,3-7H2,1-2H3,(H2,11,13). The van der Waals surface area contributed by atoms with Gasteiger partial charge in [0.15, 0.2) is 0 Å². The van der Waals surface area contributed by atoms with Crippen LogP contribution in [0.15, 0.2) is 0 Å². The molecule has 0 radical (unpaired) electrons. The Hall–Kier alpha value is -0.570. The number of hydrogen-bond donors (Lipinski definition) is 1. The first-order chi connectivity index (χ1) is 6.13. The van der Waals surface area contributed by atoms with Crippen LogP contribution in [0.1, 0.15) is 32.1 Å². The van der Waals surface area contributed by atoms with Crippen molar-refractivity contribution in [2.45, 2.75) is 38.1 Å². The minimum absolute atomic E-state index is 0.0553. The van der Waals surface area contributed by atoms with Crippen LogP contribution < -0.4 is 5.73 Å². The van der Waals surface area contributed by atoms with Crippen molar-refractivity contribution in [2.24, 2.45) is 11.7 Å². The number of primary amides is 1. The summed E-state index contributed by atoms with van der Waals surface area (Å²) in [5.74, 6) is 0.318. The Bertz CT molecular complexity index is 174. The largest absolute Gasteiger partial charge is 0.368 e. The predicted octanol–water partition coefficient (Wildman–Crippen LogP) is 0.982. The van der Waals surface area contributed by atoms with Gasteiger partial charge in [0.2, 0.25) is 5.91 Å². The summed E-state index contributed by atoms with van der Waals surface area (Å²) in [6.45, 7) is 0. The lowest BCUT2D eigenvalue weighted by molar-refractivity contribution is -0.124. The lowest BCUT2D eigenvalue weighted by Crippen LogP contribution is -2.46. The SMILES string of the molecule is CN(C)C(C(N)=O)C1CCCCC1. The predicted molar refractivity (Wildman–Crippen MR) is 53.2 cm³/mol. The number of nitrogens with two attached hydrogens (primary N) is 1. The summed E-state index contributed by atoms with van der Waals surface area (Å²) in [6.07, 6.45) is 6.14. The number of carbonyl (C=O) groups excluding carboxylic acids is 1. The highest BCUT2D eigenvalue weighted by Crippen LogP contribution is 2.27. The molecule has 1 aliphatic rings. The Balaban J connectivity index is 2.57. The average Bonchev–Trinajstić information content (AvgIpc) is 2.04. The molecule has 1 atom stereocenters. The maximum atomic E-state index is 11.2. The van der Waals surface area contributed by atoms with E-state index in [4.69, 9.17) is 5.73 Å². The summed E-state index contributed by atoms with van der Waals surface area (Å²) in [4.78, 5) is 13.2. The summed E-state index contributed by atoms with van der Waals surface area (Å²) in [5, 5.41) is 0. The van der Waals surface area contributed by atoms with E-state index < -0.39 is 0 Å². The van der Waals surface area contributed by atoms with Crippen molar-refractivity contribution in [3.63, 3.8) is 0 Å². The Kier molecular flexibility index (Phi) is 3.72. The molecular formula is C10H20N2O. The van der Waals surface area contributed by atoms with Crippen LogP contribution in [0.5, 0.6) is 0 Å². The Morgan fingerprint density at radius 1 is 1.31 bits per heavy atom. The fourth-order valence-corrected chi connectivity index (χ4v) is 2.36. The number of hydrogen-bond acceptors (Lipinski definition) is 2. The maximum Gasteiger partial charge on any atom is 0.235 e. The van der Waals surface area contributed by atoms with Crippen LogP contribution in [-0.2, 0) is 4.79 Å². The van der Waals surface area contributed by atoms with Gasteiger partial charge in [0.1, 0.15) is 0 Å². The molecule has 0 aromatic carbocycles. The van der Waals surface area contributed by atoms with Crippen LogP contribution in [0.3, 0.4) is 0 Å². The smallest absolute Gasteiger partial charge is 0.235 e. The minimum atomic E-state index is -0.170. The third-order valence-electron chi connectivity index (χ3n) is 2.94. The second-order valence-corrected chi connectivity index (χ2v) is 4.21. The second kappa shape index (κ2) is 4.61. The first-order valence-electron chi connectivity index (χ1n) is 5.08. The van der Waals surface area contributed by atoms with E-state index >= 15 is 0 Å². The van der Waals surface area contributed by atoms with Crippen LogP contribution in [0.25, 0.3) is 0 Å². The molecule has 0 aromatic rings. The van der Waals surface area contributed by atoms with Crippen molar-refractivity contribution in [1.29, 1.82) is 0 Å². The zero-order chi connectivity index (χ0) is 9.84. The maximum absolute atomic E-state index is 11.2. The molecule has 3 nitrogen and oxygen atoms in total. The van der Waals surface area contributed by atoms with Gasteiger partial charge in [0.05, 0.1) is 6.04 Å². The van der Waals surface area contributed by atoms with Crippen LogP contribution in [0.2, 0.25) is 0 Å². The second-order valence-electron chi connectivity index (χ2n) is 4.21. The summed E-state index contributed by atoms with van der Waals surface area (Å²) >= 11 is 0. The molecule has 1 amide bonds. The zero-order valence-electron chi connectivity index (χ0n) is 8.62. The summed E-state index contributed by atoms with van der Waals surface area (Å²) in [5.41, 5.74) is 5.39. The first-order valence-corrected chi connectivity index (χ1v) is 5.08. The zero-order valence-corrected chi connectivity index (χ0v) is 8.62. The van der Waals surface area contributed by atoms with E-state index in [1.54, 1.807) is 0 Å².